The summed E-state index contributed by atoms with van der Waals surface area (Å²) in [6.07, 6.45) is -1.81. The number of nitrogens with one attached hydrogen (secondary N) is 2. The average molecular weight is 575 g/mol. The number of nitrogens with zero attached hydrogens (tertiary/aromatic N) is 2. The van der Waals surface area contributed by atoms with Crippen molar-refractivity contribution in [3.63, 3.8) is 0 Å². The van der Waals surface area contributed by atoms with Crippen LogP contribution in [0.25, 0.3) is 0 Å². The Balaban J connectivity index is 0.00000341. The minimum Gasteiger partial charge on any atom is -0.381 e. The van der Waals surface area contributed by atoms with Gasteiger partial charge in [-0.15, -0.1) is 24.0 Å². The largest absolute Gasteiger partial charge is 0.401 e. The molecule has 0 spiro atoms. The van der Waals surface area contributed by atoms with Crippen LogP contribution in [0.3, 0.4) is 0 Å². The zero-order chi connectivity index (χ0) is 21.6. The highest BCUT2D eigenvalue weighted by atomic mass is 127. The average Bonchev–Trinajstić information content (AvgIpc) is 3.12. The third-order valence-corrected chi connectivity index (χ3v) is 6.02. The second kappa shape index (κ2) is 11.9. The van der Waals surface area contributed by atoms with Gasteiger partial charge in [-0.25, -0.2) is 0 Å². The predicted octanol–water partition coefficient (Wildman–Crippen LogP) is 4.20. The van der Waals surface area contributed by atoms with Crippen LogP contribution in [0.15, 0.2) is 29.3 Å². The fourth-order valence-corrected chi connectivity index (χ4v) is 4.40. The van der Waals surface area contributed by atoms with Crippen LogP contribution in [-0.4, -0.2) is 69.0 Å². The molecule has 176 valence electrons. The van der Waals surface area contributed by atoms with Gasteiger partial charge in [-0.05, 0) is 43.9 Å². The third kappa shape index (κ3) is 7.94. The van der Waals surface area contributed by atoms with Gasteiger partial charge in [0.1, 0.15) is 0 Å². The van der Waals surface area contributed by atoms with Crippen molar-refractivity contribution in [2.75, 3.05) is 45.9 Å². The molecule has 2 fully saturated rings. The van der Waals surface area contributed by atoms with Crippen LogP contribution in [0, 0.1) is 0 Å². The molecule has 0 bridgehead atoms. The molecule has 10 heteroatoms. The van der Waals surface area contributed by atoms with Crippen LogP contribution in [0.2, 0.25) is 5.02 Å². The zero-order valence-electron chi connectivity index (χ0n) is 17.7. The molecule has 5 nitrogen and oxygen atoms in total. The van der Waals surface area contributed by atoms with Gasteiger partial charge in [-0.1, -0.05) is 23.7 Å². The van der Waals surface area contributed by atoms with Crippen molar-refractivity contribution in [2.24, 2.45) is 4.99 Å². The topological polar surface area (TPSA) is 48.9 Å². The summed E-state index contributed by atoms with van der Waals surface area (Å²) in [4.78, 5) is 6.27. The Labute approximate surface area is 204 Å². The fourth-order valence-electron chi connectivity index (χ4n) is 4.21. The number of alkyl halides is 3. The number of benzene rings is 1. The number of likely N-dealkylation sites (tertiary alicyclic amines) is 1. The molecular formula is C21H31ClF3IN4O. The maximum Gasteiger partial charge on any atom is 0.401 e. The maximum atomic E-state index is 12.7. The van der Waals surface area contributed by atoms with Crippen molar-refractivity contribution < 1.29 is 17.9 Å². The molecule has 31 heavy (non-hydrogen) atoms. The Morgan fingerprint density at radius 3 is 2.71 bits per heavy atom. The van der Waals surface area contributed by atoms with Crippen LogP contribution in [0.4, 0.5) is 13.2 Å². The highest BCUT2D eigenvalue weighted by Crippen LogP contribution is 2.36. The molecule has 1 unspecified atom stereocenters. The van der Waals surface area contributed by atoms with E-state index < -0.39 is 12.7 Å². The summed E-state index contributed by atoms with van der Waals surface area (Å²) in [5.74, 6) is 0.643. The lowest BCUT2D eigenvalue weighted by Gasteiger charge is -2.37. The van der Waals surface area contributed by atoms with E-state index in [-0.39, 0.29) is 35.4 Å². The lowest BCUT2D eigenvalue weighted by atomic mass is 9.74. The van der Waals surface area contributed by atoms with Gasteiger partial charge < -0.3 is 15.4 Å². The van der Waals surface area contributed by atoms with Crippen LogP contribution < -0.4 is 10.6 Å². The number of ether oxygens (including phenoxy) is 1. The summed E-state index contributed by atoms with van der Waals surface area (Å²) in [6, 6.07) is 7.84. The van der Waals surface area contributed by atoms with Crippen molar-refractivity contribution >= 4 is 41.5 Å². The monoisotopic (exact) mass is 574 g/mol. The van der Waals surface area contributed by atoms with Gasteiger partial charge in [0.05, 0.1) is 13.1 Å². The highest BCUT2D eigenvalue weighted by molar-refractivity contribution is 14.0. The van der Waals surface area contributed by atoms with E-state index in [1.807, 2.05) is 25.1 Å². The van der Waals surface area contributed by atoms with E-state index in [1.165, 1.54) is 4.90 Å². The van der Waals surface area contributed by atoms with Crippen LogP contribution in [0.5, 0.6) is 0 Å². The first kappa shape index (κ1) is 26.5. The molecule has 2 aliphatic rings. The fraction of sp³-hybridized carbons (Fsp3) is 0.667. The van der Waals surface area contributed by atoms with E-state index >= 15 is 0 Å². The zero-order valence-corrected chi connectivity index (χ0v) is 20.8. The Bertz CT molecular complexity index is 729. The minimum absolute atomic E-state index is 0. The predicted molar refractivity (Wildman–Crippen MR) is 129 cm³/mol. The van der Waals surface area contributed by atoms with Gasteiger partial charge >= 0.3 is 6.18 Å². The second-order valence-corrected chi connectivity index (χ2v) is 8.51. The van der Waals surface area contributed by atoms with Crippen LogP contribution in [0.1, 0.15) is 31.7 Å². The smallest absolute Gasteiger partial charge is 0.381 e. The van der Waals surface area contributed by atoms with E-state index in [0.29, 0.717) is 56.8 Å². The second-order valence-electron chi connectivity index (χ2n) is 8.08. The van der Waals surface area contributed by atoms with E-state index in [9.17, 15) is 13.2 Å². The first-order valence-electron chi connectivity index (χ1n) is 10.5. The number of hydrogen-bond acceptors (Lipinski definition) is 3. The van der Waals surface area contributed by atoms with Crippen LogP contribution >= 0.6 is 35.6 Å². The molecular weight excluding hydrogens is 544 g/mol. The molecule has 1 atom stereocenters. The van der Waals surface area contributed by atoms with E-state index in [1.54, 1.807) is 0 Å². The van der Waals surface area contributed by atoms with Crippen molar-refractivity contribution in [2.45, 2.75) is 43.8 Å². The van der Waals surface area contributed by atoms with E-state index in [4.69, 9.17) is 21.3 Å². The minimum atomic E-state index is -4.17. The van der Waals surface area contributed by atoms with Gasteiger partial charge in [-0.3, -0.25) is 9.89 Å². The number of rotatable bonds is 6. The quantitative estimate of drug-likeness (QED) is 0.304. The molecule has 1 aromatic rings. The SMILES string of the molecule is CCNC(=NCC1(c2cccc(Cl)c2)CCOCC1)NC1CCN(CC(F)(F)F)C1.I. The summed E-state index contributed by atoms with van der Waals surface area (Å²) in [5, 5.41) is 7.26. The molecule has 1 aromatic carbocycles. The number of hydrogen-bond donors (Lipinski definition) is 2. The molecule has 0 amide bonds. The molecule has 0 radical (unpaired) electrons. The molecule has 2 aliphatic heterocycles. The van der Waals surface area contributed by atoms with Crippen molar-refractivity contribution in [1.82, 2.24) is 15.5 Å². The molecule has 2 saturated heterocycles. The van der Waals surface area contributed by atoms with Crippen LogP contribution in [-0.2, 0) is 10.2 Å². The summed E-state index contributed by atoms with van der Waals surface area (Å²) in [6.45, 7) is 4.47. The molecule has 2 N–H and O–H groups in total. The van der Waals surface area contributed by atoms with E-state index in [2.05, 4.69) is 16.7 Å². The number of guanidine groups is 1. The van der Waals surface area contributed by atoms with E-state index in [0.717, 1.165) is 18.4 Å². The lowest BCUT2D eigenvalue weighted by Crippen LogP contribution is -2.46. The summed E-state index contributed by atoms with van der Waals surface area (Å²) in [5.41, 5.74) is 0.985. The Morgan fingerprint density at radius 1 is 1.32 bits per heavy atom. The first-order chi connectivity index (χ1) is 14.3. The van der Waals surface area contributed by atoms with Crippen molar-refractivity contribution in [1.29, 1.82) is 0 Å². The van der Waals surface area contributed by atoms with Gasteiger partial charge in [0, 0.05) is 49.3 Å². The summed E-state index contributed by atoms with van der Waals surface area (Å²) in [7, 11) is 0. The van der Waals surface area contributed by atoms with Crippen molar-refractivity contribution in [3.8, 4) is 0 Å². The molecule has 0 aromatic heterocycles. The normalized spacial score (nSPS) is 22.1. The highest BCUT2D eigenvalue weighted by Gasteiger charge is 2.36. The Hall–Kier alpha value is -0.780. The lowest BCUT2D eigenvalue weighted by molar-refractivity contribution is -0.143. The van der Waals surface area contributed by atoms with Gasteiger partial charge in [0.25, 0.3) is 0 Å². The maximum absolute atomic E-state index is 12.7. The summed E-state index contributed by atoms with van der Waals surface area (Å²) >= 11 is 6.23. The van der Waals surface area contributed by atoms with Crippen molar-refractivity contribution in [3.05, 3.63) is 34.9 Å². The summed E-state index contributed by atoms with van der Waals surface area (Å²) < 4.78 is 43.6. The van der Waals surface area contributed by atoms with Gasteiger partial charge in [0.2, 0.25) is 0 Å². The number of halogens is 5. The van der Waals surface area contributed by atoms with Gasteiger partial charge in [0.15, 0.2) is 5.96 Å². The molecule has 2 heterocycles. The molecule has 0 saturated carbocycles. The number of aliphatic imine (C=N–C) groups is 1. The van der Waals surface area contributed by atoms with Gasteiger partial charge in [-0.2, -0.15) is 13.2 Å². The molecule has 3 rings (SSSR count). The first-order valence-corrected chi connectivity index (χ1v) is 10.9. The molecule has 0 aliphatic carbocycles. The Morgan fingerprint density at radius 2 is 2.06 bits per heavy atom. The third-order valence-electron chi connectivity index (χ3n) is 5.79. The standard InChI is InChI=1S/C21H30ClF3N4O.HI/c1-2-26-19(28-18-6-9-29(13-18)15-21(23,24)25)27-14-20(7-10-30-11-8-20)16-4-3-5-17(22)12-16;/h3-5,12,18H,2,6-11,13-15H2,1H3,(H2,26,27,28);1H. The Kier molecular flexibility index (Phi) is 10.2.